The van der Waals surface area contributed by atoms with Gasteiger partial charge < -0.3 is 4.74 Å². The minimum Gasteiger partial charge on any atom is -0.494 e. The molecule has 0 bridgehead atoms. The van der Waals surface area contributed by atoms with Crippen LogP contribution in [-0.4, -0.2) is 7.11 Å². The summed E-state index contributed by atoms with van der Waals surface area (Å²) in [5.41, 5.74) is 1.65. The van der Waals surface area contributed by atoms with Crippen LogP contribution in [0.25, 0.3) is 0 Å². The third kappa shape index (κ3) is 3.40. The molecule has 0 aliphatic carbocycles. The highest BCUT2D eigenvalue weighted by Crippen LogP contribution is 2.30. The lowest BCUT2D eigenvalue weighted by atomic mass is 10.0. The second-order valence-corrected chi connectivity index (χ2v) is 5.09. The zero-order valence-corrected chi connectivity index (χ0v) is 11.9. The van der Waals surface area contributed by atoms with Gasteiger partial charge in [0, 0.05) is 5.02 Å². The third-order valence-electron chi connectivity index (χ3n) is 2.89. The summed E-state index contributed by atoms with van der Waals surface area (Å²) in [5, 5.41) is 0.336. The van der Waals surface area contributed by atoms with E-state index in [9.17, 15) is 4.39 Å². The van der Waals surface area contributed by atoms with E-state index < -0.39 is 5.82 Å². The lowest BCUT2D eigenvalue weighted by molar-refractivity contribution is 0.386. The topological polar surface area (TPSA) is 9.23 Å². The van der Waals surface area contributed by atoms with Crippen LogP contribution in [0.4, 0.5) is 4.39 Å². The van der Waals surface area contributed by atoms with E-state index in [1.807, 2.05) is 24.3 Å². The van der Waals surface area contributed by atoms with Gasteiger partial charge in [-0.05, 0) is 35.7 Å². The van der Waals surface area contributed by atoms with Gasteiger partial charge in [-0.2, -0.15) is 0 Å². The predicted molar refractivity (Wildman–Crippen MR) is 76.7 cm³/mol. The van der Waals surface area contributed by atoms with Crippen molar-refractivity contribution in [3.63, 3.8) is 0 Å². The minimum absolute atomic E-state index is 0.213. The van der Waals surface area contributed by atoms with Crippen molar-refractivity contribution in [2.75, 3.05) is 7.11 Å². The van der Waals surface area contributed by atoms with Gasteiger partial charge in [-0.3, -0.25) is 0 Å². The Morgan fingerprint density at radius 1 is 1.21 bits per heavy atom. The monoisotopic (exact) mass is 298 g/mol. The summed E-state index contributed by atoms with van der Waals surface area (Å²) in [4.78, 5) is 0. The molecule has 0 aliphatic heterocycles. The summed E-state index contributed by atoms with van der Waals surface area (Å²) in [6.45, 7) is 0. The van der Waals surface area contributed by atoms with E-state index in [1.165, 1.54) is 13.2 Å². The Labute approximate surface area is 121 Å². The van der Waals surface area contributed by atoms with Crippen LogP contribution >= 0.6 is 23.2 Å². The summed E-state index contributed by atoms with van der Waals surface area (Å²) in [5.74, 6) is -0.199. The maximum atomic E-state index is 13.6. The lowest BCUT2D eigenvalue weighted by Gasteiger charge is -2.12. The molecule has 0 N–H and O–H groups in total. The zero-order valence-electron chi connectivity index (χ0n) is 10.4. The maximum absolute atomic E-state index is 13.6. The van der Waals surface area contributed by atoms with E-state index in [0.717, 1.165) is 5.56 Å². The van der Waals surface area contributed by atoms with Gasteiger partial charge in [0.2, 0.25) is 0 Å². The Bertz CT molecular complexity index is 572. The van der Waals surface area contributed by atoms with Gasteiger partial charge in [-0.1, -0.05) is 35.9 Å². The average molecular weight is 299 g/mol. The molecule has 0 amide bonds. The third-order valence-corrected chi connectivity index (χ3v) is 3.67. The summed E-state index contributed by atoms with van der Waals surface area (Å²) in [6, 6.07) is 12.2. The Balaban J connectivity index is 2.18. The number of benzene rings is 2. The van der Waals surface area contributed by atoms with Gasteiger partial charge in [-0.15, -0.1) is 11.6 Å². The van der Waals surface area contributed by atoms with Gasteiger partial charge in [0.1, 0.15) is 0 Å². The fourth-order valence-electron chi connectivity index (χ4n) is 1.85. The van der Waals surface area contributed by atoms with Gasteiger partial charge in [0.15, 0.2) is 11.6 Å². The molecule has 2 rings (SSSR count). The van der Waals surface area contributed by atoms with Crippen LogP contribution in [0.15, 0.2) is 42.5 Å². The molecule has 100 valence electrons. The number of hydrogen-bond acceptors (Lipinski definition) is 1. The van der Waals surface area contributed by atoms with Crippen LogP contribution in [0.5, 0.6) is 5.75 Å². The predicted octanol–water partition coefficient (Wildman–Crippen LogP) is 5.01. The van der Waals surface area contributed by atoms with Crippen molar-refractivity contribution in [3.05, 3.63) is 64.4 Å². The number of methoxy groups -OCH3 is 1. The molecule has 2 aromatic rings. The molecule has 0 radical (unpaired) electrons. The molecule has 19 heavy (non-hydrogen) atoms. The highest BCUT2D eigenvalue weighted by Gasteiger charge is 2.13. The summed E-state index contributed by atoms with van der Waals surface area (Å²) in [7, 11) is 1.43. The van der Waals surface area contributed by atoms with Gasteiger partial charge in [0.25, 0.3) is 0 Å². The van der Waals surface area contributed by atoms with Crippen molar-refractivity contribution >= 4 is 23.2 Å². The number of halogens is 3. The van der Waals surface area contributed by atoms with Crippen molar-refractivity contribution in [2.24, 2.45) is 0 Å². The maximum Gasteiger partial charge on any atom is 0.165 e. The smallest absolute Gasteiger partial charge is 0.165 e. The van der Waals surface area contributed by atoms with Gasteiger partial charge in [0.05, 0.1) is 12.5 Å². The summed E-state index contributed by atoms with van der Waals surface area (Å²) < 4.78 is 18.5. The Hall–Kier alpha value is -1.25. The molecule has 0 heterocycles. The molecule has 0 saturated heterocycles. The molecule has 1 unspecified atom stereocenters. The molecule has 0 aliphatic rings. The number of ether oxygens (including phenoxy) is 1. The molecule has 0 spiro atoms. The van der Waals surface area contributed by atoms with E-state index in [0.29, 0.717) is 17.0 Å². The summed E-state index contributed by atoms with van der Waals surface area (Å²) in [6.07, 6.45) is 0.549. The van der Waals surface area contributed by atoms with Crippen LogP contribution in [0.3, 0.4) is 0 Å². The molecular weight excluding hydrogens is 286 g/mol. The normalized spacial score (nSPS) is 12.2. The van der Waals surface area contributed by atoms with Crippen LogP contribution in [0.2, 0.25) is 5.02 Å². The van der Waals surface area contributed by atoms with Crippen molar-refractivity contribution in [1.29, 1.82) is 0 Å². The first-order valence-electron chi connectivity index (χ1n) is 5.82. The van der Waals surface area contributed by atoms with Crippen molar-refractivity contribution in [3.8, 4) is 5.75 Å². The SMILES string of the molecule is COc1ccc(C(Cl)Cc2ccccc2Cl)cc1F. The van der Waals surface area contributed by atoms with E-state index >= 15 is 0 Å². The standard InChI is InChI=1S/C15H13Cl2FO/c1-19-15-7-6-11(9-14(15)18)13(17)8-10-4-2-3-5-12(10)16/h2-7,9,13H,8H2,1H3. The second-order valence-electron chi connectivity index (χ2n) is 4.16. The van der Waals surface area contributed by atoms with Crippen molar-refractivity contribution < 1.29 is 9.13 Å². The fraction of sp³-hybridized carbons (Fsp3) is 0.200. The van der Waals surface area contributed by atoms with Crippen LogP contribution < -0.4 is 4.74 Å². The van der Waals surface area contributed by atoms with Gasteiger partial charge >= 0.3 is 0 Å². The lowest BCUT2D eigenvalue weighted by Crippen LogP contribution is -1.98. The van der Waals surface area contributed by atoms with E-state index in [4.69, 9.17) is 27.9 Å². The molecule has 1 nitrogen and oxygen atoms in total. The molecular formula is C15H13Cl2FO. The van der Waals surface area contributed by atoms with E-state index in [2.05, 4.69) is 0 Å². The fourth-order valence-corrected chi connectivity index (χ4v) is 2.37. The molecule has 0 saturated carbocycles. The van der Waals surface area contributed by atoms with Crippen LogP contribution in [-0.2, 0) is 6.42 Å². The molecule has 1 atom stereocenters. The largest absolute Gasteiger partial charge is 0.494 e. The number of hydrogen-bond donors (Lipinski definition) is 0. The van der Waals surface area contributed by atoms with Crippen molar-refractivity contribution in [1.82, 2.24) is 0 Å². The Kier molecular flexibility index (Phi) is 4.67. The molecule has 0 fully saturated rings. The first-order chi connectivity index (χ1) is 9.11. The zero-order chi connectivity index (χ0) is 13.8. The number of alkyl halides is 1. The van der Waals surface area contributed by atoms with Crippen LogP contribution in [0, 0.1) is 5.82 Å². The van der Waals surface area contributed by atoms with Crippen LogP contribution in [0.1, 0.15) is 16.5 Å². The quantitative estimate of drug-likeness (QED) is 0.721. The number of rotatable bonds is 4. The van der Waals surface area contributed by atoms with Gasteiger partial charge in [-0.25, -0.2) is 4.39 Å². The molecule has 0 aromatic heterocycles. The Morgan fingerprint density at radius 3 is 2.58 bits per heavy atom. The molecule has 4 heteroatoms. The first kappa shape index (κ1) is 14.2. The highest BCUT2D eigenvalue weighted by molar-refractivity contribution is 6.31. The Morgan fingerprint density at radius 2 is 1.95 bits per heavy atom. The van der Waals surface area contributed by atoms with E-state index in [1.54, 1.807) is 12.1 Å². The van der Waals surface area contributed by atoms with Crippen molar-refractivity contribution in [2.45, 2.75) is 11.8 Å². The minimum atomic E-state index is -0.412. The highest BCUT2D eigenvalue weighted by atomic mass is 35.5. The first-order valence-corrected chi connectivity index (χ1v) is 6.64. The summed E-state index contributed by atoms with van der Waals surface area (Å²) >= 11 is 12.4. The second kappa shape index (κ2) is 6.27. The average Bonchev–Trinajstić information content (AvgIpc) is 2.41. The molecule has 2 aromatic carbocycles. The van der Waals surface area contributed by atoms with E-state index in [-0.39, 0.29) is 11.1 Å².